The van der Waals surface area contributed by atoms with E-state index >= 15 is 0 Å². The molecule has 2 aromatic carbocycles. The molecule has 3 nitrogen and oxygen atoms in total. The zero-order valence-corrected chi connectivity index (χ0v) is 12.4. The lowest BCUT2D eigenvalue weighted by molar-refractivity contribution is 0.306. The van der Waals surface area contributed by atoms with E-state index in [1.165, 1.54) is 11.1 Å². The van der Waals surface area contributed by atoms with Crippen LogP contribution in [0.3, 0.4) is 0 Å². The molecule has 0 unspecified atom stereocenters. The fourth-order valence-corrected chi connectivity index (χ4v) is 2.94. The lowest BCUT2D eigenvalue weighted by atomic mass is 9.95. The molecule has 0 saturated carbocycles. The third kappa shape index (κ3) is 3.43. The highest BCUT2D eigenvalue weighted by atomic mass is 16.5. The van der Waals surface area contributed by atoms with Gasteiger partial charge in [-0.3, -0.25) is 0 Å². The van der Waals surface area contributed by atoms with E-state index < -0.39 is 0 Å². The van der Waals surface area contributed by atoms with Gasteiger partial charge in [0.1, 0.15) is 12.4 Å². The summed E-state index contributed by atoms with van der Waals surface area (Å²) in [5.74, 6) is 1.33. The molecule has 3 heteroatoms. The lowest BCUT2D eigenvalue weighted by Crippen LogP contribution is -2.27. The maximum absolute atomic E-state index is 6.20. The molecule has 21 heavy (non-hydrogen) atoms. The van der Waals surface area contributed by atoms with Gasteiger partial charge in [-0.1, -0.05) is 42.5 Å². The maximum Gasteiger partial charge on any atom is 0.119 e. The summed E-state index contributed by atoms with van der Waals surface area (Å²) in [5, 5.41) is 0. The lowest BCUT2D eigenvalue weighted by Gasteiger charge is -2.15. The Labute approximate surface area is 126 Å². The topological polar surface area (TPSA) is 38.5 Å². The highest BCUT2D eigenvalue weighted by molar-refractivity contribution is 5.31. The molecule has 1 saturated heterocycles. The van der Waals surface area contributed by atoms with Crippen LogP contribution < -0.4 is 10.5 Å². The van der Waals surface area contributed by atoms with Crippen molar-refractivity contribution in [3.63, 3.8) is 0 Å². The maximum atomic E-state index is 6.20. The summed E-state index contributed by atoms with van der Waals surface area (Å²) in [6, 6.07) is 18.8. The second-order valence-electron chi connectivity index (χ2n) is 5.83. The largest absolute Gasteiger partial charge is 0.489 e. The Morgan fingerprint density at radius 2 is 1.76 bits per heavy atom. The monoisotopic (exact) mass is 282 g/mol. The van der Waals surface area contributed by atoms with Gasteiger partial charge in [0.05, 0.1) is 0 Å². The van der Waals surface area contributed by atoms with Crippen LogP contribution in [0.1, 0.15) is 17.0 Å². The molecule has 2 N–H and O–H groups in total. The van der Waals surface area contributed by atoms with Crippen molar-refractivity contribution in [2.24, 2.45) is 5.73 Å². The summed E-state index contributed by atoms with van der Waals surface area (Å²) in [4.78, 5) is 2.29. The molecule has 1 aliphatic heterocycles. The van der Waals surface area contributed by atoms with Gasteiger partial charge in [0.2, 0.25) is 0 Å². The normalized spacial score (nSPS) is 22.4. The summed E-state index contributed by atoms with van der Waals surface area (Å²) >= 11 is 0. The average molecular weight is 282 g/mol. The number of hydrogen-bond acceptors (Lipinski definition) is 3. The third-order valence-corrected chi connectivity index (χ3v) is 4.10. The number of hydrogen-bond donors (Lipinski definition) is 1. The Morgan fingerprint density at radius 3 is 2.38 bits per heavy atom. The minimum atomic E-state index is 0.228. The van der Waals surface area contributed by atoms with Crippen LogP contribution in [-0.4, -0.2) is 31.1 Å². The van der Waals surface area contributed by atoms with Crippen LogP contribution >= 0.6 is 0 Å². The van der Waals surface area contributed by atoms with Gasteiger partial charge in [0, 0.05) is 25.0 Å². The van der Waals surface area contributed by atoms with Crippen LogP contribution in [0.4, 0.5) is 0 Å². The number of benzene rings is 2. The molecular formula is C18H22N2O. The summed E-state index contributed by atoms with van der Waals surface area (Å²) in [7, 11) is 2.12. The van der Waals surface area contributed by atoms with Crippen molar-refractivity contribution in [3.05, 3.63) is 65.7 Å². The number of nitrogens with zero attached hydrogens (tertiary/aromatic N) is 1. The number of ether oxygens (including phenoxy) is 1. The number of likely N-dealkylation sites (N-methyl/N-ethyl adjacent to an activating group) is 1. The Hall–Kier alpha value is -1.84. The van der Waals surface area contributed by atoms with Gasteiger partial charge < -0.3 is 15.4 Å². The van der Waals surface area contributed by atoms with Crippen molar-refractivity contribution >= 4 is 0 Å². The van der Waals surface area contributed by atoms with Gasteiger partial charge in [-0.2, -0.15) is 0 Å². The van der Waals surface area contributed by atoms with E-state index in [0.29, 0.717) is 12.5 Å². The molecule has 1 heterocycles. The van der Waals surface area contributed by atoms with Crippen molar-refractivity contribution < 1.29 is 4.74 Å². The van der Waals surface area contributed by atoms with E-state index in [1.54, 1.807) is 0 Å². The first-order valence-corrected chi connectivity index (χ1v) is 7.43. The highest BCUT2D eigenvalue weighted by Gasteiger charge is 2.28. The van der Waals surface area contributed by atoms with E-state index in [9.17, 15) is 0 Å². The Bertz CT molecular complexity index is 568. The Kier molecular flexibility index (Phi) is 4.23. The minimum absolute atomic E-state index is 0.228. The van der Waals surface area contributed by atoms with Gasteiger partial charge >= 0.3 is 0 Å². The second-order valence-corrected chi connectivity index (χ2v) is 5.83. The molecule has 0 amide bonds. The molecular weight excluding hydrogens is 260 g/mol. The summed E-state index contributed by atoms with van der Waals surface area (Å²) < 4.78 is 5.82. The van der Waals surface area contributed by atoms with Crippen LogP contribution in [0.5, 0.6) is 5.75 Å². The first kappa shape index (κ1) is 14.1. The van der Waals surface area contributed by atoms with Gasteiger partial charge in [0.25, 0.3) is 0 Å². The molecule has 1 aliphatic rings. The molecule has 0 radical (unpaired) electrons. The highest BCUT2D eigenvalue weighted by Crippen LogP contribution is 2.27. The van der Waals surface area contributed by atoms with E-state index in [2.05, 4.69) is 36.2 Å². The van der Waals surface area contributed by atoms with E-state index in [0.717, 1.165) is 18.8 Å². The van der Waals surface area contributed by atoms with E-state index in [1.807, 2.05) is 30.3 Å². The van der Waals surface area contributed by atoms with Gasteiger partial charge in [-0.05, 0) is 30.3 Å². The summed E-state index contributed by atoms with van der Waals surface area (Å²) in [6.45, 7) is 2.61. The second kappa shape index (κ2) is 6.29. The zero-order chi connectivity index (χ0) is 14.7. The molecule has 0 aliphatic carbocycles. The molecule has 0 bridgehead atoms. The molecule has 2 aromatic rings. The predicted octanol–water partition coefficient (Wildman–Crippen LogP) is 2.62. The van der Waals surface area contributed by atoms with Gasteiger partial charge in [-0.25, -0.2) is 0 Å². The first-order chi connectivity index (χ1) is 10.2. The number of likely N-dealkylation sites (tertiary alicyclic amines) is 1. The van der Waals surface area contributed by atoms with Crippen LogP contribution in [-0.2, 0) is 6.61 Å². The minimum Gasteiger partial charge on any atom is -0.489 e. The van der Waals surface area contributed by atoms with Crippen molar-refractivity contribution in [3.8, 4) is 5.75 Å². The fraction of sp³-hybridized carbons (Fsp3) is 0.333. The number of rotatable bonds is 4. The zero-order valence-electron chi connectivity index (χ0n) is 12.4. The van der Waals surface area contributed by atoms with Crippen molar-refractivity contribution in [1.29, 1.82) is 0 Å². The smallest absolute Gasteiger partial charge is 0.119 e. The number of nitrogens with two attached hydrogens (primary N) is 1. The molecule has 3 rings (SSSR count). The van der Waals surface area contributed by atoms with Crippen LogP contribution in [0.2, 0.25) is 0 Å². The summed E-state index contributed by atoms with van der Waals surface area (Å²) in [5.41, 5.74) is 8.69. The molecule has 1 fully saturated rings. The third-order valence-electron chi connectivity index (χ3n) is 4.10. The quantitative estimate of drug-likeness (QED) is 0.937. The van der Waals surface area contributed by atoms with Gasteiger partial charge in [-0.15, -0.1) is 0 Å². The first-order valence-electron chi connectivity index (χ1n) is 7.43. The SMILES string of the molecule is CN1C[C@@H](N)[C@@H](c2ccc(OCc3ccccc3)cc2)C1. The average Bonchev–Trinajstić information content (AvgIpc) is 2.85. The van der Waals surface area contributed by atoms with Crippen LogP contribution in [0, 0.1) is 0 Å². The Balaban J connectivity index is 1.62. The summed E-state index contributed by atoms with van der Waals surface area (Å²) in [6.07, 6.45) is 0. The molecule has 110 valence electrons. The molecule has 2 atom stereocenters. The van der Waals surface area contributed by atoms with Crippen LogP contribution in [0.25, 0.3) is 0 Å². The van der Waals surface area contributed by atoms with E-state index in [4.69, 9.17) is 10.5 Å². The van der Waals surface area contributed by atoms with Crippen LogP contribution in [0.15, 0.2) is 54.6 Å². The standard InChI is InChI=1S/C18H22N2O/c1-20-11-17(18(19)12-20)15-7-9-16(10-8-15)21-13-14-5-3-2-4-6-14/h2-10,17-18H,11-13,19H2,1H3/t17-,18-/m1/s1. The molecule has 0 spiro atoms. The fourth-order valence-electron chi connectivity index (χ4n) is 2.94. The Morgan fingerprint density at radius 1 is 1.05 bits per heavy atom. The molecule has 0 aromatic heterocycles. The predicted molar refractivity (Wildman–Crippen MR) is 85.4 cm³/mol. The van der Waals surface area contributed by atoms with Crippen molar-refractivity contribution in [2.45, 2.75) is 18.6 Å². The van der Waals surface area contributed by atoms with Crippen molar-refractivity contribution in [2.75, 3.05) is 20.1 Å². The van der Waals surface area contributed by atoms with Gasteiger partial charge in [0.15, 0.2) is 0 Å². The van der Waals surface area contributed by atoms with E-state index in [-0.39, 0.29) is 6.04 Å². The van der Waals surface area contributed by atoms with Crippen molar-refractivity contribution in [1.82, 2.24) is 4.90 Å².